The summed E-state index contributed by atoms with van der Waals surface area (Å²) in [5.74, 6) is 0.496. The van der Waals surface area contributed by atoms with Gasteiger partial charge in [-0.3, -0.25) is 9.36 Å². The van der Waals surface area contributed by atoms with Crippen molar-refractivity contribution < 1.29 is 5.11 Å². The molecule has 3 aromatic rings. The van der Waals surface area contributed by atoms with Crippen LogP contribution >= 0.6 is 11.8 Å². The summed E-state index contributed by atoms with van der Waals surface area (Å²) < 4.78 is 1.66. The molecule has 0 fully saturated rings. The molecule has 4 nitrogen and oxygen atoms in total. The summed E-state index contributed by atoms with van der Waals surface area (Å²) in [6, 6.07) is 13.4. The Bertz CT molecular complexity index is 919. The van der Waals surface area contributed by atoms with E-state index < -0.39 is 0 Å². The highest BCUT2D eigenvalue weighted by Gasteiger charge is 2.14. The standard InChI is InChI=1S/C18H18N2O2S/c1-12-7-8-13(2)16(11-12)20-17(22)14-5-3-4-6-15(14)19-18(20)23-10-9-21/h3-8,11,21H,9-10H2,1-2H3. The summed E-state index contributed by atoms with van der Waals surface area (Å²) in [6.45, 7) is 4.03. The Morgan fingerprint density at radius 1 is 1.17 bits per heavy atom. The highest BCUT2D eigenvalue weighted by atomic mass is 32.2. The van der Waals surface area contributed by atoms with Crippen LogP contribution in [-0.2, 0) is 0 Å². The second-order valence-electron chi connectivity index (χ2n) is 5.41. The van der Waals surface area contributed by atoms with E-state index in [9.17, 15) is 4.79 Å². The van der Waals surface area contributed by atoms with Gasteiger partial charge in [0.2, 0.25) is 0 Å². The summed E-state index contributed by atoms with van der Waals surface area (Å²) in [4.78, 5) is 17.7. The van der Waals surface area contributed by atoms with Crippen molar-refractivity contribution in [2.75, 3.05) is 12.4 Å². The molecule has 0 amide bonds. The van der Waals surface area contributed by atoms with Crippen LogP contribution in [0.2, 0.25) is 0 Å². The fourth-order valence-electron chi connectivity index (χ4n) is 2.52. The fourth-order valence-corrected chi connectivity index (χ4v) is 3.27. The molecule has 23 heavy (non-hydrogen) atoms. The molecule has 0 spiro atoms. The number of thioether (sulfide) groups is 1. The minimum absolute atomic E-state index is 0.0418. The maximum Gasteiger partial charge on any atom is 0.266 e. The third kappa shape index (κ3) is 3.02. The van der Waals surface area contributed by atoms with Crippen molar-refractivity contribution in [1.29, 1.82) is 0 Å². The quantitative estimate of drug-likeness (QED) is 0.591. The lowest BCUT2D eigenvalue weighted by Gasteiger charge is -2.15. The van der Waals surface area contributed by atoms with Crippen molar-refractivity contribution in [3.8, 4) is 5.69 Å². The third-order valence-corrected chi connectivity index (χ3v) is 4.59. The first kappa shape index (κ1) is 15.8. The average molecular weight is 326 g/mol. The molecule has 0 atom stereocenters. The van der Waals surface area contributed by atoms with E-state index >= 15 is 0 Å². The Hall–Kier alpha value is -2.11. The highest BCUT2D eigenvalue weighted by Crippen LogP contribution is 2.23. The monoisotopic (exact) mass is 326 g/mol. The zero-order chi connectivity index (χ0) is 16.4. The molecule has 5 heteroatoms. The van der Waals surface area contributed by atoms with E-state index in [4.69, 9.17) is 5.11 Å². The number of nitrogens with zero attached hydrogens (tertiary/aromatic N) is 2. The molecule has 2 aromatic carbocycles. The number of hydrogen-bond donors (Lipinski definition) is 1. The molecule has 0 radical (unpaired) electrons. The zero-order valence-corrected chi connectivity index (χ0v) is 13.9. The van der Waals surface area contributed by atoms with E-state index in [1.54, 1.807) is 10.6 Å². The molecule has 0 unspecified atom stereocenters. The van der Waals surface area contributed by atoms with Crippen molar-refractivity contribution in [1.82, 2.24) is 9.55 Å². The van der Waals surface area contributed by atoms with Crippen molar-refractivity contribution >= 4 is 22.7 Å². The van der Waals surface area contributed by atoms with Crippen LogP contribution in [0.3, 0.4) is 0 Å². The van der Waals surface area contributed by atoms with E-state index in [-0.39, 0.29) is 12.2 Å². The molecule has 118 valence electrons. The summed E-state index contributed by atoms with van der Waals surface area (Å²) in [6.07, 6.45) is 0. The Labute approximate surface area is 138 Å². The lowest BCUT2D eigenvalue weighted by Crippen LogP contribution is -2.22. The first-order valence-electron chi connectivity index (χ1n) is 7.45. The molecular weight excluding hydrogens is 308 g/mol. The molecule has 1 aromatic heterocycles. The van der Waals surface area contributed by atoms with E-state index in [1.807, 2.05) is 50.2 Å². The van der Waals surface area contributed by atoms with Gasteiger partial charge in [0.1, 0.15) is 0 Å². The minimum atomic E-state index is -0.0789. The predicted octanol–water partition coefficient (Wildman–Crippen LogP) is 3.09. The van der Waals surface area contributed by atoms with E-state index in [2.05, 4.69) is 4.98 Å². The number of aliphatic hydroxyl groups excluding tert-OH is 1. The van der Waals surface area contributed by atoms with Gasteiger partial charge < -0.3 is 5.11 Å². The van der Waals surface area contributed by atoms with Gasteiger partial charge in [0.25, 0.3) is 5.56 Å². The van der Waals surface area contributed by atoms with Gasteiger partial charge in [0.05, 0.1) is 23.2 Å². The van der Waals surface area contributed by atoms with Gasteiger partial charge in [-0.2, -0.15) is 0 Å². The van der Waals surface area contributed by atoms with E-state index in [1.165, 1.54) is 11.8 Å². The van der Waals surface area contributed by atoms with Crippen LogP contribution in [0.5, 0.6) is 0 Å². The molecular formula is C18H18N2O2S. The number of aryl methyl sites for hydroxylation is 2. The molecule has 0 saturated carbocycles. The molecule has 0 bridgehead atoms. The van der Waals surface area contributed by atoms with Crippen molar-refractivity contribution in [3.63, 3.8) is 0 Å². The number of aromatic nitrogens is 2. The second kappa shape index (κ2) is 6.56. The first-order chi connectivity index (χ1) is 11.1. The Kier molecular flexibility index (Phi) is 4.50. The number of rotatable bonds is 4. The van der Waals surface area contributed by atoms with Crippen molar-refractivity contribution in [3.05, 3.63) is 63.9 Å². The Balaban J connectivity index is 2.34. The van der Waals surface area contributed by atoms with Crippen molar-refractivity contribution in [2.24, 2.45) is 0 Å². The van der Waals surface area contributed by atoms with E-state index in [0.717, 1.165) is 16.8 Å². The third-order valence-electron chi connectivity index (χ3n) is 3.67. The summed E-state index contributed by atoms with van der Waals surface area (Å²) in [5, 5.41) is 10.3. The molecule has 0 aliphatic heterocycles. The average Bonchev–Trinajstić information content (AvgIpc) is 2.56. The largest absolute Gasteiger partial charge is 0.396 e. The van der Waals surface area contributed by atoms with Crippen LogP contribution in [0, 0.1) is 13.8 Å². The van der Waals surface area contributed by atoms with Gasteiger partial charge in [0, 0.05) is 5.75 Å². The lowest BCUT2D eigenvalue weighted by atomic mass is 10.1. The van der Waals surface area contributed by atoms with Gasteiger partial charge in [0.15, 0.2) is 5.16 Å². The maximum absolute atomic E-state index is 13.0. The fraction of sp³-hybridized carbons (Fsp3) is 0.222. The maximum atomic E-state index is 13.0. The van der Waals surface area contributed by atoms with Crippen LogP contribution < -0.4 is 5.56 Å². The van der Waals surface area contributed by atoms with Gasteiger partial charge >= 0.3 is 0 Å². The van der Waals surface area contributed by atoms with Crippen LogP contribution in [0.15, 0.2) is 52.4 Å². The topological polar surface area (TPSA) is 55.1 Å². The van der Waals surface area contributed by atoms with Gasteiger partial charge in [-0.1, -0.05) is 36.0 Å². The summed E-state index contributed by atoms with van der Waals surface area (Å²) in [5.41, 5.74) is 3.54. The van der Waals surface area contributed by atoms with Gasteiger partial charge in [-0.15, -0.1) is 0 Å². The first-order valence-corrected chi connectivity index (χ1v) is 8.43. The minimum Gasteiger partial charge on any atom is -0.396 e. The van der Waals surface area contributed by atoms with Crippen LogP contribution in [0.1, 0.15) is 11.1 Å². The molecule has 0 saturated heterocycles. The molecule has 3 rings (SSSR count). The Morgan fingerprint density at radius 3 is 2.74 bits per heavy atom. The van der Waals surface area contributed by atoms with Crippen LogP contribution in [0.4, 0.5) is 0 Å². The number of hydrogen-bond acceptors (Lipinski definition) is 4. The lowest BCUT2D eigenvalue weighted by molar-refractivity contribution is 0.322. The van der Waals surface area contributed by atoms with Crippen LogP contribution in [-0.4, -0.2) is 27.0 Å². The number of para-hydroxylation sites is 1. The number of fused-ring (bicyclic) bond motifs is 1. The van der Waals surface area contributed by atoms with E-state index in [0.29, 0.717) is 21.8 Å². The Morgan fingerprint density at radius 2 is 1.96 bits per heavy atom. The molecule has 1 heterocycles. The van der Waals surface area contributed by atoms with Crippen LogP contribution in [0.25, 0.3) is 16.6 Å². The number of benzene rings is 2. The van der Waals surface area contributed by atoms with Crippen molar-refractivity contribution in [2.45, 2.75) is 19.0 Å². The highest BCUT2D eigenvalue weighted by molar-refractivity contribution is 7.99. The smallest absolute Gasteiger partial charge is 0.266 e. The zero-order valence-electron chi connectivity index (χ0n) is 13.1. The molecule has 0 aliphatic carbocycles. The predicted molar refractivity (Wildman–Crippen MR) is 94.6 cm³/mol. The molecule has 0 aliphatic rings. The van der Waals surface area contributed by atoms with Gasteiger partial charge in [-0.05, 0) is 43.2 Å². The second-order valence-corrected chi connectivity index (χ2v) is 6.48. The van der Waals surface area contributed by atoms with Gasteiger partial charge in [-0.25, -0.2) is 4.98 Å². The summed E-state index contributed by atoms with van der Waals surface area (Å²) in [7, 11) is 0. The normalized spacial score (nSPS) is 11.1. The summed E-state index contributed by atoms with van der Waals surface area (Å²) >= 11 is 1.39. The molecule has 1 N–H and O–H groups in total. The SMILES string of the molecule is Cc1ccc(C)c(-n2c(SCCO)nc3ccccc3c2=O)c1. The number of aliphatic hydroxyl groups is 1.